The van der Waals surface area contributed by atoms with Crippen molar-refractivity contribution in [1.29, 1.82) is 0 Å². The molecular weight excluding hydrogens is 508 g/mol. The van der Waals surface area contributed by atoms with E-state index in [-0.39, 0.29) is 38.5 Å². The molecule has 0 aliphatic heterocycles. The Balaban J connectivity index is 2.96. The third kappa shape index (κ3) is 12.2. The number of carbonyl (C=O) groups excluding carboxylic acids is 5. The van der Waals surface area contributed by atoms with E-state index >= 15 is 0 Å². The zero-order chi connectivity index (χ0) is 28.0. The van der Waals surface area contributed by atoms with Gasteiger partial charge in [-0.05, 0) is 31.3 Å². The van der Waals surface area contributed by atoms with Crippen LogP contribution in [0.4, 0.5) is 0 Å². The van der Waals surface area contributed by atoms with Crippen molar-refractivity contribution in [2.24, 2.45) is 17.2 Å². The first-order valence-corrected chi connectivity index (χ1v) is 12.8. The number of rotatable bonds is 18. The van der Waals surface area contributed by atoms with Gasteiger partial charge >= 0.3 is 5.97 Å². The zero-order valence-corrected chi connectivity index (χ0v) is 21.2. The lowest BCUT2D eigenvalue weighted by atomic mass is 10.1. The van der Waals surface area contributed by atoms with Crippen molar-refractivity contribution in [3.63, 3.8) is 0 Å². The molecular formula is C21H34N8O7S. The van der Waals surface area contributed by atoms with Crippen molar-refractivity contribution in [2.45, 2.75) is 62.7 Å². The second-order valence-corrected chi connectivity index (χ2v) is 9.19. The first-order valence-electron chi connectivity index (χ1n) is 11.4. The highest BCUT2D eigenvalue weighted by Crippen LogP contribution is 2.07. The molecule has 0 aliphatic rings. The molecule has 11 N–H and O–H groups in total. The molecule has 0 aliphatic carbocycles. The van der Waals surface area contributed by atoms with Crippen LogP contribution >= 0.6 is 11.8 Å². The molecule has 0 bridgehead atoms. The van der Waals surface area contributed by atoms with Crippen molar-refractivity contribution >= 4 is 47.3 Å². The van der Waals surface area contributed by atoms with Gasteiger partial charge in [-0.1, -0.05) is 0 Å². The summed E-state index contributed by atoms with van der Waals surface area (Å²) in [6.45, 7) is 0. The number of hydrogen-bond acceptors (Lipinski definition) is 9. The Hall–Kier alpha value is -3.66. The number of imidazole rings is 1. The SMILES string of the molecule is CSCCC(NC(=O)C(CCC(N)=O)NC(=O)C(N)CCC(N)=O)C(=O)NC(Cc1cnc[nH]1)C(=O)O. The molecule has 1 aromatic rings. The Kier molecular flexibility index (Phi) is 13.7. The molecule has 1 aromatic heterocycles. The summed E-state index contributed by atoms with van der Waals surface area (Å²) in [7, 11) is 0. The van der Waals surface area contributed by atoms with E-state index in [9.17, 15) is 33.9 Å². The number of nitrogens with two attached hydrogens (primary N) is 3. The van der Waals surface area contributed by atoms with Crippen molar-refractivity contribution in [1.82, 2.24) is 25.9 Å². The maximum absolute atomic E-state index is 13.0. The fourth-order valence-corrected chi connectivity index (χ4v) is 3.60. The van der Waals surface area contributed by atoms with E-state index in [0.717, 1.165) is 0 Å². The Bertz CT molecular complexity index is 943. The molecule has 0 spiro atoms. The topological polar surface area (TPSA) is 265 Å². The van der Waals surface area contributed by atoms with Crippen LogP contribution in [0.1, 0.15) is 37.8 Å². The van der Waals surface area contributed by atoms with Gasteiger partial charge in [0.1, 0.15) is 18.1 Å². The van der Waals surface area contributed by atoms with Crippen molar-refractivity contribution in [3.05, 3.63) is 18.2 Å². The molecule has 4 atom stereocenters. The van der Waals surface area contributed by atoms with Gasteiger partial charge in [0.15, 0.2) is 0 Å². The predicted octanol–water partition coefficient (Wildman–Crippen LogP) is -2.90. The van der Waals surface area contributed by atoms with Crippen LogP contribution in [0.3, 0.4) is 0 Å². The van der Waals surface area contributed by atoms with E-state index in [1.807, 2.05) is 0 Å². The second-order valence-electron chi connectivity index (χ2n) is 8.20. The van der Waals surface area contributed by atoms with Gasteiger partial charge in [-0.25, -0.2) is 9.78 Å². The number of thioether (sulfide) groups is 1. The molecule has 0 aromatic carbocycles. The fraction of sp³-hybridized carbons (Fsp3) is 0.571. The van der Waals surface area contributed by atoms with Gasteiger partial charge in [0, 0.05) is 31.2 Å². The average molecular weight is 543 g/mol. The van der Waals surface area contributed by atoms with Crippen LogP contribution in [0, 0.1) is 0 Å². The van der Waals surface area contributed by atoms with E-state index < -0.39 is 59.7 Å². The average Bonchev–Trinajstić information content (AvgIpc) is 3.34. The number of carboxylic acid groups (broad SMARTS) is 1. The third-order valence-corrected chi connectivity index (χ3v) is 5.83. The maximum atomic E-state index is 13.0. The summed E-state index contributed by atoms with van der Waals surface area (Å²) in [4.78, 5) is 78.9. The number of H-pyrrole nitrogens is 1. The molecule has 206 valence electrons. The lowest BCUT2D eigenvalue weighted by Crippen LogP contribution is -2.57. The lowest BCUT2D eigenvalue weighted by molar-refractivity contribution is -0.142. The number of carbonyl (C=O) groups is 6. The Morgan fingerprint density at radius 3 is 1.97 bits per heavy atom. The Morgan fingerprint density at radius 1 is 0.919 bits per heavy atom. The van der Waals surface area contributed by atoms with E-state index in [1.54, 1.807) is 6.26 Å². The first-order chi connectivity index (χ1) is 17.4. The summed E-state index contributed by atoms with van der Waals surface area (Å²) in [6.07, 6.45) is 4.05. The third-order valence-electron chi connectivity index (χ3n) is 5.19. The van der Waals surface area contributed by atoms with Crippen molar-refractivity contribution in [3.8, 4) is 0 Å². The Labute approximate surface area is 217 Å². The molecule has 0 saturated carbocycles. The monoisotopic (exact) mass is 542 g/mol. The molecule has 4 unspecified atom stereocenters. The van der Waals surface area contributed by atoms with E-state index in [4.69, 9.17) is 17.2 Å². The van der Waals surface area contributed by atoms with Crippen LogP contribution in [-0.4, -0.2) is 86.8 Å². The van der Waals surface area contributed by atoms with E-state index in [1.165, 1.54) is 24.3 Å². The highest BCUT2D eigenvalue weighted by molar-refractivity contribution is 7.98. The number of hydrogen-bond donors (Lipinski definition) is 8. The van der Waals surface area contributed by atoms with Crippen molar-refractivity contribution in [2.75, 3.05) is 12.0 Å². The van der Waals surface area contributed by atoms with Crippen LogP contribution in [-0.2, 0) is 35.2 Å². The van der Waals surface area contributed by atoms with Gasteiger partial charge in [0.05, 0.1) is 12.4 Å². The van der Waals surface area contributed by atoms with Crippen LogP contribution in [0.25, 0.3) is 0 Å². The molecule has 5 amide bonds. The smallest absolute Gasteiger partial charge is 0.326 e. The minimum absolute atomic E-state index is 0.0585. The number of amides is 5. The number of primary amides is 2. The number of aromatic nitrogens is 2. The normalized spacial score (nSPS) is 14.0. The molecule has 1 heterocycles. The summed E-state index contributed by atoms with van der Waals surface area (Å²) in [6, 6.07) is -4.86. The van der Waals surface area contributed by atoms with E-state index in [0.29, 0.717) is 11.4 Å². The van der Waals surface area contributed by atoms with Crippen LogP contribution in [0.2, 0.25) is 0 Å². The van der Waals surface area contributed by atoms with Gasteiger partial charge in [-0.2, -0.15) is 11.8 Å². The van der Waals surface area contributed by atoms with E-state index in [2.05, 4.69) is 25.9 Å². The van der Waals surface area contributed by atoms with Gasteiger partial charge in [0.25, 0.3) is 0 Å². The molecule has 16 heteroatoms. The van der Waals surface area contributed by atoms with Crippen molar-refractivity contribution < 1.29 is 33.9 Å². The number of nitrogens with one attached hydrogen (secondary N) is 4. The minimum atomic E-state index is -1.30. The number of aliphatic carboxylic acids is 1. The van der Waals surface area contributed by atoms with Gasteiger partial charge in [0.2, 0.25) is 29.5 Å². The lowest BCUT2D eigenvalue weighted by Gasteiger charge is -2.25. The number of carboxylic acids is 1. The van der Waals surface area contributed by atoms with Gasteiger partial charge in [-0.3, -0.25) is 24.0 Å². The molecule has 0 saturated heterocycles. The van der Waals surface area contributed by atoms with Crippen LogP contribution in [0.15, 0.2) is 12.5 Å². The number of nitrogens with zero attached hydrogens (tertiary/aromatic N) is 1. The first kappa shape index (κ1) is 31.4. The fourth-order valence-electron chi connectivity index (χ4n) is 3.13. The number of aromatic amines is 1. The standard InChI is InChI=1S/C21H34N8O7S/c1-37-7-6-14(20(34)29-15(21(35)36)8-11-9-25-10-26-11)28-19(33)13(3-5-17(24)31)27-18(32)12(22)2-4-16(23)30/h9-10,12-15H,2-8,22H2,1H3,(H2,23,30)(H2,24,31)(H,25,26)(H,27,32)(H,28,33)(H,29,34)(H,35,36). The largest absolute Gasteiger partial charge is 0.480 e. The molecule has 37 heavy (non-hydrogen) atoms. The quantitative estimate of drug-likeness (QED) is 0.0937. The zero-order valence-electron chi connectivity index (χ0n) is 20.4. The van der Waals surface area contributed by atoms with Gasteiger partial charge < -0.3 is 43.2 Å². The van der Waals surface area contributed by atoms with Crippen LogP contribution < -0.4 is 33.2 Å². The minimum Gasteiger partial charge on any atom is -0.480 e. The Morgan fingerprint density at radius 2 is 1.46 bits per heavy atom. The molecule has 0 radical (unpaired) electrons. The predicted molar refractivity (Wildman–Crippen MR) is 134 cm³/mol. The summed E-state index contributed by atoms with van der Waals surface area (Å²) < 4.78 is 0. The summed E-state index contributed by atoms with van der Waals surface area (Å²) in [5.41, 5.74) is 16.5. The second kappa shape index (κ2) is 16.2. The van der Waals surface area contributed by atoms with Crippen LogP contribution in [0.5, 0.6) is 0 Å². The summed E-state index contributed by atoms with van der Waals surface area (Å²) in [5, 5.41) is 16.9. The highest BCUT2D eigenvalue weighted by Gasteiger charge is 2.30. The highest BCUT2D eigenvalue weighted by atomic mass is 32.2. The molecule has 0 fully saturated rings. The molecule has 15 nitrogen and oxygen atoms in total. The maximum Gasteiger partial charge on any atom is 0.326 e. The summed E-state index contributed by atoms with van der Waals surface area (Å²) in [5.74, 6) is -4.50. The van der Waals surface area contributed by atoms with Gasteiger partial charge in [-0.15, -0.1) is 0 Å². The molecule has 1 rings (SSSR count). The summed E-state index contributed by atoms with van der Waals surface area (Å²) >= 11 is 1.40.